The van der Waals surface area contributed by atoms with Crippen molar-refractivity contribution in [3.63, 3.8) is 0 Å². The normalized spacial score (nSPS) is 11.9. The Morgan fingerprint density at radius 2 is 1.59 bits per heavy atom. The summed E-state index contributed by atoms with van der Waals surface area (Å²) in [6.45, 7) is 4.77. The van der Waals surface area contributed by atoms with Crippen LogP contribution in [0.1, 0.15) is 46.0 Å². The average molecular weight is 261 g/mol. The maximum absolute atomic E-state index is 11.3. The molecule has 0 rings (SSSR count). The molecule has 0 fully saturated rings. The quantitative estimate of drug-likeness (QED) is 0.473. The van der Waals surface area contributed by atoms with Crippen molar-refractivity contribution in [2.75, 3.05) is 13.2 Å². The van der Waals surface area contributed by atoms with Gasteiger partial charge in [-0.15, -0.1) is 0 Å². The highest BCUT2D eigenvalue weighted by molar-refractivity contribution is 7.81. The molecule has 0 aliphatic heterocycles. The molecule has 4 nitrogen and oxygen atoms in total. The summed E-state index contributed by atoms with van der Waals surface area (Å²) >= 11 is 4.89. The molecular formula is C12H21O4S. The lowest BCUT2D eigenvalue weighted by Gasteiger charge is -2.09. The zero-order valence-electron chi connectivity index (χ0n) is 10.6. The number of hydrogen-bond acceptors (Lipinski definition) is 4. The van der Waals surface area contributed by atoms with Gasteiger partial charge in [0.25, 0.3) is 0 Å². The molecule has 0 aromatic carbocycles. The maximum Gasteiger partial charge on any atom is 0.320 e. The molecule has 1 unspecified atom stereocenters. The predicted octanol–water partition coefficient (Wildman–Crippen LogP) is 2.63. The molecule has 0 bridgehead atoms. The van der Waals surface area contributed by atoms with Gasteiger partial charge in [-0.05, 0) is 12.8 Å². The highest BCUT2D eigenvalue weighted by Gasteiger charge is 2.20. The lowest BCUT2D eigenvalue weighted by atomic mass is 10.3. The van der Waals surface area contributed by atoms with Gasteiger partial charge in [-0.2, -0.15) is 0 Å². The van der Waals surface area contributed by atoms with E-state index in [-0.39, 0.29) is 6.42 Å². The van der Waals surface area contributed by atoms with Crippen molar-refractivity contribution in [1.29, 1.82) is 0 Å². The van der Waals surface area contributed by atoms with E-state index >= 15 is 0 Å². The van der Waals surface area contributed by atoms with Gasteiger partial charge in [-0.3, -0.25) is 9.59 Å². The van der Waals surface area contributed by atoms with Gasteiger partial charge in [0.15, 0.2) is 0 Å². The third-order valence-electron chi connectivity index (χ3n) is 2.12. The fraction of sp³-hybridized carbons (Fsp3) is 0.833. The van der Waals surface area contributed by atoms with E-state index in [2.05, 4.69) is 0 Å². The molecule has 0 N–H and O–H groups in total. The molecule has 0 spiro atoms. The van der Waals surface area contributed by atoms with E-state index in [1.807, 2.05) is 13.8 Å². The lowest BCUT2D eigenvalue weighted by molar-refractivity contribution is -0.149. The van der Waals surface area contributed by atoms with Crippen molar-refractivity contribution >= 4 is 24.6 Å². The van der Waals surface area contributed by atoms with Crippen molar-refractivity contribution in [2.24, 2.45) is 0 Å². The topological polar surface area (TPSA) is 52.6 Å². The summed E-state index contributed by atoms with van der Waals surface area (Å²) in [6.07, 6.45) is 3.48. The van der Waals surface area contributed by atoms with Crippen LogP contribution in [0.2, 0.25) is 0 Å². The Balaban J connectivity index is 3.71. The van der Waals surface area contributed by atoms with E-state index in [0.29, 0.717) is 13.2 Å². The number of rotatable bonds is 9. The minimum Gasteiger partial charge on any atom is -0.466 e. The number of ether oxygens (including phenoxy) is 2. The number of carbonyl (C=O) groups excluding carboxylic acids is 2. The molecule has 99 valence electrons. The first kappa shape index (κ1) is 16.3. The van der Waals surface area contributed by atoms with Crippen LogP contribution >= 0.6 is 12.6 Å². The van der Waals surface area contributed by atoms with Crippen LogP contribution in [0.15, 0.2) is 0 Å². The van der Waals surface area contributed by atoms with Crippen molar-refractivity contribution < 1.29 is 19.1 Å². The van der Waals surface area contributed by atoms with E-state index in [9.17, 15) is 9.59 Å². The fourth-order valence-corrected chi connectivity index (χ4v) is 1.24. The van der Waals surface area contributed by atoms with Gasteiger partial charge in [0.2, 0.25) is 0 Å². The molecule has 0 amide bonds. The van der Waals surface area contributed by atoms with Crippen molar-refractivity contribution in [1.82, 2.24) is 0 Å². The number of carbonyl (C=O) groups is 2. The van der Waals surface area contributed by atoms with Crippen LogP contribution in [-0.2, 0) is 19.1 Å². The molecule has 0 aliphatic carbocycles. The molecule has 5 heteroatoms. The maximum atomic E-state index is 11.3. The number of esters is 2. The van der Waals surface area contributed by atoms with Gasteiger partial charge in [-0.1, -0.05) is 39.3 Å². The van der Waals surface area contributed by atoms with Gasteiger partial charge >= 0.3 is 11.9 Å². The highest BCUT2D eigenvalue weighted by Crippen LogP contribution is 2.06. The van der Waals surface area contributed by atoms with Crippen molar-refractivity contribution in [3.8, 4) is 0 Å². The van der Waals surface area contributed by atoms with Crippen molar-refractivity contribution in [3.05, 3.63) is 0 Å². The minimum absolute atomic E-state index is 0.0794. The molecule has 0 saturated carbocycles. The summed E-state index contributed by atoms with van der Waals surface area (Å²) in [4.78, 5) is 22.6. The SMILES string of the molecule is CCCCOC(=O)CC([S])C(=O)OCCCC. The molecule has 0 aromatic heterocycles. The Morgan fingerprint density at radius 1 is 1.06 bits per heavy atom. The second-order valence-corrected chi connectivity index (χ2v) is 4.36. The van der Waals surface area contributed by atoms with Crippen molar-refractivity contribution in [2.45, 2.75) is 51.2 Å². The van der Waals surface area contributed by atoms with Crippen LogP contribution in [0.5, 0.6) is 0 Å². The Hall–Kier alpha value is -0.710. The van der Waals surface area contributed by atoms with E-state index in [4.69, 9.17) is 22.1 Å². The first-order valence-electron chi connectivity index (χ1n) is 6.09. The molecule has 0 saturated heterocycles. The largest absolute Gasteiger partial charge is 0.466 e. The van der Waals surface area contributed by atoms with E-state index in [1.165, 1.54) is 0 Å². The van der Waals surface area contributed by atoms with Crippen LogP contribution in [0.25, 0.3) is 0 Å². The Bertz CT molecular complexity index is 231. The van der Waals surface area contributed by atoms with E-state index in [0.717, 1.165) is 25.7 Å². The first-order valence-corrected chi connectivity index (χ1v) is 6.57. The zero-order valence-corrected chi connectivity index (χ0v) is 11.4. The Labute approximate surface area is 108 Å². The molecular weight excluding hydrogens is 240 g/mol. The highest BCUT2D eigenvalue weighted by atomic mass is 32.1. The van der Waals surface area contributed by atoms with Crippen LogP contribution < -0.4 is 0 Å². The predicted molar refractivity (Wildman–Crippen MR) is 67.7 cm³/mol. The summed E-state index contributed by atoms with van der Waals surface area (Å²) in [6, 6.07) is 0. The standard InChI is InChI=1S/C12H21O4S/c1-3-5-7-15-11(13)9-10(17)12(14)16-8-6-4-2/h10H,3-9H2,1-2H3. The van der Waals surface area contributed by atoms with E-state index in [1.54, 1.807) is 0 Å². The van der Waals surface area contributed by atoms with Crippen LogP contribution in [0.4, 0.5) is 0 Å². The van der Waals surface area contributed by atoms with Gasteiger partial charge < -0.3 is 9.47 Å². The lowest BCUT2D eigenvalue weighted by Crippen LogP contribution is -2.23. The Morgan fingerprint density at radius 3 is 2.12 bits per heavy atom. The Kier molecular flexibility index (Phi) is 10.0. The third kappa shape index (κ3) is 9.03. The van der Waals surface area contributed by atoms with Crippen LogP contribution in [0, 0.1) is 0 Å². The summed E-state index contributed by atoms with van der Waals surface area (Å²) in [7, 11) is 0. The van der Waals surface area contributed by atoms with Gasteiger partial charge in [0.05, 0.1) is 19.6 Å². The molecule has 0 aromatic rings. The molecule has 17 heavy (non-hydrogen) atoms. The summed E-state index contributed by atoms with van der Waals surface area (Å²) < 4.78 is 9.84. The fourth-order valence-electron chi connectivity index (χ4n) is 1.03. The average Bonchev–Trinajstić information content (AvgIpc) is 2.29. The van der Waals surface area contributed by atoms with Crippen LogP contribution in [0.3, 0.4) is 0 Å². The molecule has 1 atom stereocenters. The number of unbranched alkanes of at least 4 members (excludes halogenated alkanes) is 2. The molecule has 1 radical (unpaired) electrons. The second kappa shape index (κ2) is 10.4. The molecule has 0 heterocycles. The smallest absolute Gasteiger partial charge is 0.320 e. The summed E-state index contributed by atoms with van der Waals surface area (Å²) in [5.41, 5.74) is 0. The summed E-state index contributed by atoms with van der Waals surface area (Å²) in [5, 5.41) is -0.832. The third-order valence-corrected chi connectivity index (χ3v) is 2.48. The monoisotopic (exact) mass is 261 g/mol. The first-order chi connectivity index (χ1) is 8.11. The second-order valence-electron chi connectivity index (χ2n) is 3.79. The van der Waals surface area contributed by atoms with Crippen LogP contribution in [-0.4, -0.2) is 30.4 Å². The summed E-state index contributed by atoms with van der Waals surface area (Å²) in [5.74, 6) is -0.924. The van der Waals surface area contributed by atoms with Gasteiger partial charge in [0, 0.05) is 0 Å². The van der Waals surface area contributed by atoms with Gasteiger partial charge in [0.1, 0.15) is 5.25 Å². The van der Waals surface area contributed by atoms with E-state index < -0.39 is 17.2 Å². The minimum atomic E-state index is -0.832. The molecule has 0 aliphatic rings. The number of hydrogen-bond donors (Lipinski definition) is 0. The zero-order chi connectivity index (χ0) is 13.1. The van der Waals surface area contributed by atoms with Gasteiger partial charge in [-0.25, -0.2) is 0 Å².